The summed E-state index contributed by atoms with van der Waals surface area (Å²) >= 11 is 0. The Balaban J connectivity index is 2.59. The predicted molar refractivity (Wildman–Crippen MR) is 55.0 cm³/mol. The first-order valence-electron chi connectivity index (χ1n) is 4.43. The molecule has 0 heterocycles. The molecule has 0 bridgehead atoms. The predicted octanol–water partition coefficient (Wildman–Crippen LogP) is 1.92. The van der Waals surface area contributed by atoms with Gasteiger partial charge in [0, 0.05) is 0 Å². The topological polar surface area (TPSA) is 55.8 Å². The van der Waals surface area contributed by atoms with Gasteiger partial charge < -0.3 is 14.6 Å². The third-order valence-electron chi connectivity index (χ3n) is 1.69. The van der Waals surface area contributed by atoms with Crippen molar-refractivity contribution in [2.45, 2.75) is 0 Å². The van der Waals surface area contributed by atoms with Crippen molar-refractivity contribution >= 4 is 5.97 Å². The van der Waals surface area contributed by atoms with Crippen molar-refractivity contribution in [2.75, 3.05) is 13.2 Å². The first kappa shape index (κ1) is 11.1. The highest BCUT2D eigenvalue weighted by Crippen LogP contribution is 2.17. The van der Waals surface area contributed by atoms with Gasteiger partial charge in [-0.05, 0) is 12.1 Å². The van der Waals surface area contributed by atoms with Gasteiger partial charge in [0.2, 0.25) is 0 Å². The van der Waals surface area contributed by atoms with Crippen LogP contribution in [0.4, 0.5) is 0 Å². The number of para-hydroxylation sites is 1. The molecule has 1 rings (SSSR count). The third kappa shape index (κ3) is 3.34. The van der Waals surface area contributed by atoms with Gasteiger partial charge in [-0.3, -0.25) is 0 Å². The van der Waals surface area contributed by atoms with Crippen LogP contribution in [0.5, 0.6) is 5.75 Å². The monoisotopic (exact) mass is 208 g/mol. The summed E-state index contributed by atoms with van der Waals surface area (Å²) in [6, 6.07) is 6.47. The van der Waals surface area contributed by atoms with Crippen molar-refractivity contribution in [3.63, 3.8) is 0 Å². The second kappa shape index (κ2) is 5.70. The minimum Gasteiger partial charge on any atom is -0.498 e. The highest BCUT2D eigenvalue weighted by atomic mass is 16.5. The number of hydrogen-bond donors (Lipinski definition) is 1. The van der Waals surface area contributed by atoms with Crippen LogP contribution in [-0.4, -0.2) is 24.3 Å². The number of ether oxygens (including phenoxy) is 2. The van der Waals surface area contributed by atoms with E-state index in [2.05, 4.69) is 6.58 Å². The van der Waals surface area contributed by atoms with Gasteiger partial charge in [0.15, 0.2) is 0 Å². The Morgan fingerprint density at radius 3 is 2.80 bits per heavy atom. The Labute approximate surface area is 87.7 Å². The van der Waals surface area contributed by atoms with Crippen molar-refractivity contribution in [1.29, 1.82) is 0 Å². The van der Waals surface area contributed by atoms with E-state index in [1.165, 1.54) is 12.3 Å². The summed E-state index contributed by atoms with van der Waals surface area (Å²) in [5.74, 6) is -0.659. The molecule has 0 aromatic heterocycles. The van der Waals surface area contributed by atoms with E-state index in [0.717, 1.165) is 0 Å². The summed E-state index contributed by atoms with van der Waals surface area (Å²) in [5, 5.41) is 8.84. The molecular weight excluding hydrogens is 196 g/mol. The van der Waals surface area contributed by atoms with Gasteiger partial charge in [-0.25, -0.2) is 4.79 Å². The normalized spacial score (nSPS) is 9.33. The molecule has 0 saturated carbocycles. The zero-order chi connectivity index (χ0) is 11.1. The molecule has 4 heteroatoms. The molecule has 0 atom stereocenters. The van der Waals surface area contributed by atoms with Crippen LogP contribution in [0, 0.1) is 0 Å². The maximum Gasteiger partial charge on any atom is 0.339 e. The lowest BCUT2D eigenvalue weighted by Crippen LogP contribution is -2.07. The van der Waals surface area contributed by atoms with Crippen LogP contribution in [-0.2, 0) is 4.74 Å². The molecular formula is C11H12O4. The molecule has 0 amide bonds. The van der Waals surface area contributed by atoms with Gasteiger partial charge in [0.1, 0.15) is 24.5 Å². The molecule has 1 aromatic rings. The van der Waals surface area contributed by atoms with Crippen molar-refractivity contribution in [2.24, 2.45) is 0 Å². The van der Waals surface area contributed by atoms with E-state index >= 15 is 0 Å². The lowest BCUT2D eigenvalue weighted by Gasteiger charge is -2.08. The zero-order valence-electron chi connectivity index (χ0n) is 8.18. The molecule has 0 spiro atoms. The van der Waals surface area contributed by atoms with Crippen LogP contribution < -0.4 is 4.74 Å². The molecule has 15 heavy (non-hydrogen) atoms. The quantitative estimate of drug-likeness (QED) is 0.573. The number of carboxylic acid groups (broad SMARTS) is 1. The molecule has 0 unspecified atom stereocenters. The van der Waals surface area contributed by atoms with Crippen LogP contribution >= 0.6 is 0 Å². The van der Waals surface area contributed by atoms with Crippen LogP contribution in [0.3, 0.4) is 0 Å². The molecule has 0 aliphatic carbocycles. The van der Waals surface area contributed by atoms with Gasteiger partial charge in [-0.2, -0.15) is 0 Å². The summed E-state index contributed by atoms with van der Waals surface area (Å²) in [6.07, 6.45) is 1.31. The van der Waals surface area contributed by atoms with E-state index in [1.54, 1.807) is 18.2 Å². The minimum absolute atomic E-state index is 0.149. The fraction of sp³-hybridized carbons (Fsp3) is 0.182. The fourth-order valence-electron chi connectivity index (χ4n) is 1.05. The van der Waals surface area contributed by atoms with Crippen molar-refractivity contribution in [1.82, 2.24) is 0 Å². The smallest absolute Gasteiger partial charge is 0.339 e. The second-order valence-corrected chi connectivity index (χ2v) is 2.69. The Bertz CT molecular complexity index is 346. The van der Waals surface area contributed by atoms with E-state index in [1.807, 2.05) is 0 Å². The molecule has 0 aliphatic heterocycles. The molecule has 4 nitrogen and oxygen atoms in total. The molecule has 0 radical (unpaired) electrons. The van der Waals surface area contributed by atoms with E-state index in [-0.39, 0.29) is 12.2 Å². The highest BCUT2D eigenvalue weighted by molar-refractivity contribution is 5.90. The Morgan fingerprint density at radius 1 is 1.40 bits per heavy atom. The maximum absolute atomic E-state index is 10.8. The van der Waals surface area contributed by atoms with Crippen molar-refractivity contribution in [3.8, 4) is 5.75 Å². The standard InChI is InChI=1S/C11H12O4/c1-2-14-7-8-15-10-6-4-3-5-9(10)11(12)13/h2-6H,1,7-8H2,(H,12,13). The van der Waals surface area contributed by atoms with E-state index in [9.17, 15) is 4.79 Å². The summed E-state index contributed by atoms with van der Waals surface area (Å²) in [5.41, 5.74) is 0.149. The molecule has 0 saturated heterocycles. The Kier molecular flexibility index (Phi) is 4.22. The Morgan fingerprint density at radius 2 is 2.13 bits per heavy atom. The number of aromatic carboxylic acids is 1. The molecule has 1 N–H and O–H groups in total. The molecule has 0 fully saturated rings. The first-order chi connectivity index (χ1) is 7.25. The van der Waals surface area contributed by atoms with E-state index in [0.29, 0.717) is 12.4 Å². The lowest BCUT2D eigenvalue weighted by atomic mass is 10.2. The van der Waals surface area contributed by atoms with E-state index in [4.69, 9.17) is 14.6 Å². The summed E-state index contributed by atoms with van der Waals surface area (Å²) in [4.78, 5) is 10.8. The SMILES string of the molecule is C=COCCOc1ccccc1C(=O)O. The average molecular weight is 208 g/mol. The van der Waals surface area contributed by atoms with Gasteiger partial charge in [0.05, 0.1) is 6.26 Å². The fourth-order valence-corrected chi connectivity index (χ4v) is 1.05. The average Bonchev–Trinajstić information content (AvgIpc) is 2.25. The first-order valence-corrected chi connectivity index (χ1v) is 4.43. The largest absolute Gasteiger partial charge is 0.498 e. The van der Waals surface area contributed by atoms with E-state index < -0.39 is 5.97 Å². The maximum atomic E-state index is 10.8. The van der Waals surface area contributed by atoms with Crippen LogP contribution in [0.1, 0.15) is 10.4 Å². The summed E-state index contributed by atoms with van der Waals surface area (Å²) in [7, 11) is 0. The minimum atomic E-state index is -1.00. The summed E-state index contributed by atoms with van der Waals surface area (Å²) in [6.45, 7) is 4.01. The van der Waals surface area contributed by atoms with Crippen molar-refractivity contribution < 1.29 is 19.4 Å². The van der Waals surface area contributed by atoms with Crippen molar-refractivity contribution in [3.05, 3.63) is 42.7 Å². The van der Waals surface area contributed by atoms with Crippen LogP contribution in [0.15, 0.2) is 37.1 Å². The number of carboxylic acids is 1. The zero-order valence-corrected chi connectivity index (χ0v) is 8.18. The van der Waals surface area contributed by atoms with Gasteiger partial charge in [-0.1, -0.05) is 18.7 Å². The van der Waals surface area contributed by atoms with Gasteiger partial charge >= 0.3 is 5.97 Å². The number of benzene rings is 1. The number of rotatable bonds is 6. The lowest BCUT2D eigenvalue weighted by molar-refractivity contribution is 0.0690. The number of carbonyl (C=O) groups is 1. The number of hydrogen-bond acceptors (Lipinski definition) is 3. The summed E-state index contributed by atoms with van der Waals surface area (Å²) < 4.78 is 10.1. The van der Waals surface area contributed by atoms with Gasteiger partial charge in [-0.15, -0.1) is 0 Å². The molecule has 80 valence electrons. The van der Waals surface area contributed by atoms with Crippen LogP contribution in [0.2, 0.25) is 0 Å². The highest BCUT2D eigenvalue weighted by Gasteiger charge is 2.09. The third-order valence-corrected chi connectivity index (χ3v) is 1.69. The van der Waals surface area contributed by atoms with Gasteiger partial charge in [0.25, 0.3) is 0 Å². The Hall–Kier alpha value is -1.97. The molecule has 0 aliphatic rings. The van der Waals surface area contributed by atoms with Crippen LogP contribution in [0.25, 0.3) is 0 Å². The second-order valence-electron chi connectivity index (χ2n) is 2.69. The molecule has 1 aromatic carbocycles.